The lowest BCUT2D eigenvalue weighted by Gasteiger charge is -2.13. The van der Waals surface area contributed by atoms with Gasteiger partial charge in [0, 0.05) is 31.8 Å². The van der Waals surface area contributed by atoms with E-state index in [2.05, 4.69) is 30.0 Å². The highest BCUT2D eigenvalue weighted by atomic mass is 16.1. The summed E-state index contributed by atoms with van der Waals surface area (Å²) < 4.78 is 0. The van der Waals surface area contributed by atoms with Crippen molar-refractivity contribution in [3.05, 3.63) is 42.0 Å². The molecule has 100 valence electrons. The van der Waals surface area contributed by atoms with E-state index >= 15 is 0 Å². The van der Waals surface area contributed by atoms with Crippen LogP contribution >= 0.6 is 0 Å². The van der Waals surface area contributed by atoms with Gasteiger partial charge in [-0.2, -0.15) is 0 Å². The first-order valence-electron chi connectivity index (χ1n) is 6.86. The van der Waals surface area contributed by atoms with Crippen molar-refractivity contribution in [1.29, 1.82) is 0 Å². The van der Waals surface area contributed by atoms with Crippen LogP contribution in [0.15, 0.2) is 36.4 Å². The van der Waals surface area contributed by atoms with Crippen LogP contribution in [-0.2, 0) is 0 Å². The second-order valence-corrected chi connectivity index (χ2v) is 5.17. The summed E-state index contributed by atoms with van der Waals surface area (Å²) in [4.78, 5) is 14.1. The summed E-state index contributed by atoms with van der Waals surface area (Å²) in [6.07, 6.45) is 2.68. The van der Waals surface area contributed by atoms with Crippen molar-refractivity contribution in [3.8, 4) is 0 Å². The van der Waals surface area contributed by atoms with E-state index in [1.54, 1.807) is 0 Å². The third-order valence-electron chi connectivity index (χ3n) is 3.42. The molecule has 0 fully saturated rings. The summed E-state index contributed by atoms with van der Waals surface area (Å²) in [7, 11) is 4.06. The summed E-state index contributed by atoms with van der Waals surface area (Å²) in [6.45, 7) is 2.11. The average molecular weight is 255 g/mol. The van der Waals surface area contributed by atoms with Crippen molar-refractivity contribution in [2.24, 2.45) is 0 Å². The van der Waals surface area contributed by atoms with Gasteiger partial charge in [0.1, 0.15) is 0 Å². The maximum atomic E-state index is 12.0. The largest absolute Gasteiger partial charge is 0.378 e. The lowest BCUT2D eigenvalue weighted by Crippen LogP contribution is -2.08. The molecule has 0 amide bonds. The standard InChI is InChI=1S/C17H21NO/c1-4-5-6-17(19)15-8-7-14-12-16(18(2)3)10-9-13(14)11-15/h7-12H,4-6H2,1-3H3. The van der Waals surface area contributed by atoms with Crippen LogP contribution in [0.3, 0.4) is 0 Å². The van der Waals surface area contributed by atoms with Crippen LogP contribution in [0.2, 0.25) is 0 Å². The number of anilines is 1. The zero-order valence-electron chi connectivity index (χ0n) is 11.9. The first-order chi connectivity index (χ1) is 9.11. The predicted octanol–water partition coefficient (Wildman–Crippen LogP) is 4.28. The van der Waals surface area contributed by atoms with Gasteiger partial charge in [0.2, 0.25) is 0 Å². The SMILES string of the molecule is CCCCC(=O)c1ccc2cc(N(C)C)ccc2c1. The number of benzene rings is 2. The number of hydrogen-bond acceptors (Lipinski definition) is 2. The minimum absolute atomic E-state index is 0.250. The number of hydrogen-bond donors (Lipinski definition) is 0. The molecule has 0 saturated carbocycles. The highest BCUT2D eigenvalue weighted by molar-refractivity contribution is 6.00. The van der Waals surface area contributed by atoms with E-state index < -0.39 is 0 Å². The van der Waals surface area contributed by atoms with Gasteiger partial charge in [0.25, 0.3) is 0 Å². The van der Waals surface area contributed by atoms with Gasteiger partial charge >= 0.3 is 0 Å². The molecule has 0 atom stereocenters. The van der Waals surface area contributed by atoms with E-state index in [-0.39, 0.29) is 5.78 Å². The lowest BCUT2D eigenvalue weighted by atomic mass is 10.0. The minimum Gasteiger partial charge on any atom is -0.378 e. The molecule has 2 nitrogen and oxygen atoms in total. The number of Topliss-reactive ketones (excluding diaryl/α,β-unsaturated/α-hetero) is 1. The molecule has 2 rings (SSSR count). The van der Waals surface area contributed by atoms with Crippen LogP contribution in [0.25, 0.3) is 10.8 Å². The van der Waals surface area contributed by atoms with Crippen molar-refractivity contribution >= 4 is 22.2 Å². The molecule has 2 heteroatoms. The quantitative estimate of drug-likeness (QED) is 0.743. The molecule has 2 aromatic rings. The average Bonchev–Trinajstić information content (AvgIpc) is 2.43. The molecule has 0 aliphatic heterocycles. The molecule has 0 aliphatic carbocycles. The first kappa shape index (κ1) is 13.6. The minimum atomic E-state index is 0.250. The topological polar surface area (TPSA) is 20.3 Å². The highest BCUT2D eigenvalue weighted by Gasteiger charge is 2.06. The monoisotopic (exact) mass is 255 g/mol. The molecule has 0 aromatic heterocycles. The number of carbonyl (C=O) groups excluding carboxylic acids is 1. The Labute approximate surface area is 115 Å². The van der Waals surface area contributed by atoms with Gasteiger partial charge < -0.3 is 4.90 Å². The number of rotatable bonds is 5. The van der Waals surface area contributed by atoms with E-state index in [0.29, 0.717) is 6.42 Å². The van der Waals surface area contributed by atoms with E-state index in [4.69, 9.17) is 0 Å². The van der Waals surface area contributed by atoms with Crippen LogP contribution < -0.4 is 4.90 Å². The Morgan fingerprint density at radius 2 is 1.74 bits per heavy atom. The van der Waals surface area contributed by atoms with Crippen molar-refractivity contribution in [2.75, 3.05) is 19.0 Å². The fourth-order valence-electron chi connectivity index (χ4n) is 2.17. The number of fused-ring (bicyclic) bond motifs is 1. The van der Waals surface area contributed by atoms with Gasteiger partial charge in [0.05, 0.1) is 0 Å². The molecule has 2 aromatic carbocycles. The van der Waals surface area contributed by atoms with Gasteiger partial charge in [0.15, 0.2) is 5.78 Å². The fourth-order valence-corrected chi connectivity index (χ4v) is 2.17. The maximum absolute atomic E-state index is 12.0. The Kier molecular flexibility index (Phi) is 4.20. The molecular weight excluding hydrogens is 234 g/mol. The van der Waals surface area contributed by atoms with Gasteiger partial charge in [-0.25, -0.2) is 0 Å². The number of nitrogens with zero attached hydrogens (tertiary/aromatic N) is 1. The van der Waals surface area contributed by atoms with Gasteiger partial charge in [-0.15, -0.1) is 0 Å². The molecule has 0 unspecified atom stereocenters. The number of ketones is 1. The lowest BCUT2D eigenvalue weighted by molar-refractivity contribution is 0.0980. The molecule has 0 radical (unpaired) electrons. The summed E-state index contributed by atoms with van der Waals surface area (Å²) >= 11 is 0. The summed E-state index contributed by atoms with van der Waals surface area (Å²) in [5.74, 6) is 0.250. The van der Waals surface area contributed by atoms with Crippen LogP contribution in [0, 0.1) is 0 Å². The van der Waals surface area contributed by atoms with Gasteiger partial charge in [-0.05, 0) is 35.4 Å². The normalized spacial score (nSPS) is 10.7. The van der Waals surface area contributed by atoms with Gasteiger partial charge in [-0.3, -0.25) is 4.79 Å². The zero-order chi connectivity index (χ0) is 13.8. The Hall–Kier alpha value is -1.83. The van der Waals surface area contributed by atoms with Crippen molar-refractivity contribution in [2.45, 2.75) is 26.2 Å². The summed E-state index contributed by atoms with van der Waals surface area (Å²) in [6, 6.07) is 12.3. The molecule has 0 heterocycles. The molecule has 0 N–H and O–H groups in total. The fraction of sp³-hybridized carbons (Fsp3) is 0.353. The molecule has 0 bridgehead atoms. The molecule has 0 spiro atoms. The molecule has 19 heavy (non-hydrogen) atoms. The first-order valence-corrected chi connectivity index (χ1v) is 6.86. The summed E-state index contributed by atoms with van der Waals surface area (Å²) in [5, 5.41) is 2.31. The van der Waals surface area contributed by atoms with E-state index in [0.717, 1.165) is 23.8 Å². The van der Waals surface area contributed by atoms with Gasteiger partial charge in [-0.1, -0.05) is 31.5 Å². The van der Waals surface area contributed by atoms with E-state index in [1.165, 1.54) is 11.1 Å². The van der Waals surface area contributed by atoms with Crippen molar-refractivity contribution < 1.29 is 4.79 Å². The van der Waals surface area contributed by atoms with Crippen LogP contribution in [0.1, 0.15) is 36.5 Å². The Morgan fingerprint density at radius 3 is 2.42 bits per heavy atom. The second-order valence-electron chi connectivity index (χ2n) is 5.17. The predicted molar refractivity (Wildman–Crippen MR) is 82.1 cm³/mol. The zero-order valence-corrected chi connectivity index (χ0v) is 11.9. The smallest absolute Gasteiger partial charge is 0.162 e. The Balaban J connectivity index is 2.31. The van der Waals surface area contributed by atoms with Crippen LogP contribution in [0.5, 0.6) is 0 Å². The third-order valence-corrected chi connectivity index (χ3v) is 3.42. The highest BCUT2D eigenvalue weighted by Crippen LogP contribution is 2.22. The van der Waals surface area contributed by atoms with Crippen LogP contribution in [-0.4, -0.2) is 19.9 Å². The Bertz CT molecular complexity index is 587. The number of carbonyl (C=O) groups is 1. The Morgan fingerprint density at radius 1 is 1.05 bits per heavy atom. The third kappa shape index (κ3) is 3.14. The van der Waals surface area contributed by atoms with E-state index in [9.17, 15) is 4.79 Å². The molecular formula is C17H21NO. The van der Waals surface area contributed by atoms with E-state index in [1.807, 2.05) is 32.3 Å². The van der Waals surface area contributed by atoms with Crippen LogP contribution in [0.4, 0.5) is 5.69 Å². The van der Waals surface area contributed by atoms with Crippen molar-refractivity contribution in [3.63, 3.8) is 0 Å². The molecule has 0 aliphatic rings. The molecule has 0 saturated heterocycles. The summed E-state index contributed by atoms with van der Waals surface area (Å²) in [5.41, 5.74) is 2.01. The number of unbranched alkanes of at least 4 members (excludes halogenated alkanes) is 1. The van der Waals surface area contributed by atoms with Crippen molar-refractivity contribution in [1.82, 2.24) is 0 Å². The maximum Gasteiger partial charge on any atom is 0.162 e. The second kappa shape index (κ2) is 5.87.